The average Bonchev–Trinajstić information content (AvgIpc) is 2.28. The second-order valence-corrected chi connectivity index (χ2v) is 5.77. The lowest BCUT2D eigenvalue weighted by Crippen LogP contribution is -2.52. The molecule has 16 heavy (non-hydrogen) atoms. The molecule has 0 radical (unpaired) electrons. The van der Waals surface area contributed by atoms with Gasteiger partial charge in [0, 0.05) is 25.8 Å². The van der Waals surface area contributed by atoms with Crippen LogP contribution in [0, 0.1) is 11.8 Å². The van der Waals surface area contributed by atoms with Crippen molar-refractivity contribution < 1.29 is 0 Å². The SMILES string of the molecule is CNCN1CCC2CCN(C(C)C)CC2C1. The molecule has 2 saturated heterocycles. The number of nitrogens with one attached hydrogen (secondary N) is 1. The van der Waals surface area contributed by atoms with Crippen LogP contribution in [-0.4, -0.2) is 55.7 Å². The van der Waals surface area contributed by atoms with Gasteiger partial charge in [0.2, 0.25) is 0 Å². The predicted octanol–water partition coefficient (Wildman–Crippen LogP) is 1.22. The minimum atomic E-state index is 0.723. The number of likely N-dealkylation sites (tertiary alicyclic amines) is 2. The Morgan fingerprint density at radius 3 is 2.56 bits per heavy atom. The summed E-state index contributed by atoms with van der Waals surface area (Å²) in [5.74, 6) is 1.92. The van der Waals surface area contributed by atoms with E-state index in [-0.39, 0.29) is 0 Å². The number of rotatable bonds is 3. The molecule has 2 rings (SSSR count). The number of piperidine rings is 2. The molecule has 0 aromatic carbocycles. The Bertz CT molecular complexity index is 217. The van der Waals surface area contributed by atoms with Gasteiger partial charge in [-0.25, -0.2) is 0 Å². The van der Waals surface area contributed by atoms with E-state index < -0.39 is 0 Å². The van der Waals surface area contributed by atoms with Crippen molar-refractivity contribution in [3.05, 3.63) is 0 Å². The molecule has 0 amide bonds. The van der Waals surface area contributed by atoms with E-state index in [4.69, 9.17) is 0 Å². The van der Waals surface area contributed by atoms with E-state index in [9.17, 15) is 0 Å². The molecule has 0 aliphatic carbocycles. The first-order valence-corrected chi connectivity index (χ1v) is 6.81. The molecule has 1 N–H and O–H groups in total. The third-order valence-corrected chi connectivity index (χ3v) is 4.34. The van der Waals surface area contributed by atoms with Gasteiger partial charge >= 0.3 is 0 Å². The number of hydrogen-bond acceptors (Lipinski definition) is 3. The van der Waals surface area contributed by atoms with E-state index in [1.165, 1.54) is 39.0 Å². The van der Waals surface area contributed by atoms with Gasteiger partial charge in [-0.05, 0) is 58.7 Å². The summed E-state index contributed by atoms with van der Waals surface area (Å²) in [6.45, 7) is 11.0. The summed E-state index contributed by atoms with van der Waals surface area (Å²) in [6, 6.07) is 0.723. The van der Waals surface area contributed by atoms with Crippen molar-refractivity contribution in [1.82, 2.24) is 15.1 Å². The fourth-order valence-electron chi connectivity index (χ4n) is 3.30. The predicted molar refractivity (Wildman–Crippen MR) is 68.4 cm³/mol. The Kier molecular flexibility index (Phi) is 4.22. The fraction of sp³-hybridized carbons (Fsp3) is 1.00. The number of hydrogen-bond donors (Lipinski definition) is 1. The van der Waals surface area contributed by atoms with Crippen molar-refractivity contribution in [1.29, 1.82) is 0 Å². The molecule has 3 heteroatoms. The maximum Gasteiger partial charge on any atom is 0.0478 e. The molecule has 0 saturated carbocycles. The van der Waals surface area contributed by atoms with Gasteiger partial charge in [-0.1, -0.05) is 0 Å². The molecule has 2 unspecified atom stereocenters. The van der Waals surface area contributed by atoms with Crippen LogP contribution in [0.1, 0.15) is 26.7 Å². The number of nitrogens with zero attached hydrogens (tertiary/aromatic N) is 2. The van der Waals surface area contributed by atoms with Gasteiger partial charge < -0.3 is 10.2 Å². The van der Waals surface area contributed by atoms with E-state index in [2.05, 4.69) is 29.0 Å². The van der Waals surface area contributed by atoms with Crippen LogP contribution in [0.15, 0.2) is 0 Å². The zero-order chi connectivity index (χ0) is 11.5. The minimum Gasteiger partial charge on any atom is -0.307 e. The molecule has 0 spiro atoms. The Balaban J connectivity index is 1.88. The van der Waals surface area contributed by atoms with Crippen LogP contribution in [-0.2, 0) is 0 Å². The van der Waals surface area contributed by atoms with E-state index in [1.807, 2.05) is 7.05 Å². The van der Waals surface area contributed by atoms with Gasteiger partial charge in [-0.15, -0.1) is 0 Å². The maximum absolute atomic E-state index is 3.28. The summed E-state index contributed by atoms with van der Waals surface area (Å²) in [7, 11) is 2.05. The third kappa shape index (κ3) is 2.76. The van der Waals surface area contributed by atoms with E-state index in [0.717, 1.165) is 24.5 Å². The van der Waals surface area contributed by atoms with Crippen LogP contribution >= 0.6 is 0 Å². The van der Waals surface area contributed by atoms with Crippen molar-refractivity contribution in [3.63, 3.8) is 0 Å². The smallest absolute Gasteiger partial charge is 0.0478 e. The molecule has 2 atom stereocenters. The van der Waals surface area contributed by atoms with Crippen molar-refractivity contribution in [2.75, 3.05) is 39.9 Å². The van der Waals surface area contributed by atoms with Crippen molar-refractivity contribution >= 4 is 0 Å². The molecule has 94 valence electrons. The van der Waals surface area contributed by atoms with Crippen LogP contribution in [0.5, 0.6) is 0 Å². The third-order valence-electron chi connectivity index (χ3n) is 4.34. The molecule has 2 fully saturated rings. The summed E-state index contributed by atoms with van der Waals surface area (Å²) >= 11 is 0. The first-order valence-electron chi connectivity index (χ1n) is 6.81. The van der Waals surface area contributed by atoms with Crippen LogP contribution in [0.3, 0.4) is 0 Å². The van der Waals surface area contributed by atoms with Crippen LogP contribution < -0.4 is 5.32 Å². The molecule has 2 aliphatic heterocycles. The second-order valence-electron chi connectivity index (χ2n) is 5.77. The van der Waals surface area contributed by atoms with Crippen molar-refractivity contribution in [2.45, 2.75) is 32.7 Å². The van der Waals surface area contributed by atoms with Gasteiger partial charge in [0.05, 0.1) is 0 Å². The minimum absolute atomic E-state index is 0.723. The molecule has 0 aromatic rings. The van der Waals surface area contributed by atoms with Gasteiger partial charge in [0.15, 0.2) is 0 Å². The van der Waals surface area contributed by atoms with Crippen LogP contribution in [0.25, 0.3) is 0 Å². The van der Waals surface area contributed by atoms with Crippen molar-refractivity contribution in [2.24, 2.45) is 11.8 Å². The summed E-state index contributed by atoms with van der Waals surface area (Å²) in [6.07, 6.45) is 2.84. The highest BCUT2D eigenvalue weighted by molar-refractivity contribution is 4.87. The highest BCUT2D eigenvalue weighted by Crippen LogP contribution is 2.31. The summed E-state index contributed by atoms with van der Waals surface area (Å²) in [5, 5.41) is 3.28. The standard InChI is InChI=1S/C13H27N3/c1-11(2)16-7-5-12-4-6-15(10-14-3)8-13(12)9-16/h11-14H,4-10H2,1-3H3. The average molecular weight is 225 g/mol. The zero-order valence-electron chi connectivity index (χ0n) is 11.1. The molecule has 2 aliphatic rings. The fourth-order valence-corrected chi connectivity index (χ4v) is 3.30. The van der Waals surface area contributed by atoms with E-state index >= 15 is 0 Å². The lowest BCUT2D eigenvalue weighted by molar-refractivity contribution is 0.0275. The summed E-state index contributed by atoms with van der Waals surface area (Å²) in [4.78, 5) is 5.23. The largest absolute Gasteiger partial charge is 0.307 e. The summed E-state index contributed by atoms with van der Waals surface area (Å²) < 4.78 is 0. The Hall–Kier alpha value is -0.120. The quantitative estimate of drug-likeness (QED) is 0.779. The van der Waals surface area contributed by atoms with E-state index in [0.29, 0.717) is 0 Å². The zero-order valence-corrected chi connectivity index (χ0v) is 11.1. The highest BCUT2D eigenvalue weighted by Gasteiger charge is 2.34. The second kappa shape index (κ2) is 5.48. The van der Waals surface area contributed by atoms with Gasteiger partial charge in [-0.3, -0.25) is 4.90 Å². The molecular weight excluding hydrogens is 198 g/mol. The maximum atomic E-state index is 3.28. The van der Waals surface area contributed by atoms with Gasteiger partial charge in [0.25, 0.3) is 0 Å². The molecule has 0 bridgehead atoms. The normalized spacial score (nSPS) is 33.0. The van der Waals surface area contributed by atoms with Crippen molar-refractivity contribution in [3.8, 4) is 0 Å². The molecule has 2 heterocycles. The lowest BCUT2D eigenvalue weighted by atomic mass is 9.80. The summed E-state index contributed by atoms with van der Waals surface area (Å²) in [5.41, 5.74) is 0. The van der Waals surface area contributed by atoms with Crippen LogP contribution in [0.2, 0.25) is 0 Å². The topological polar surface area (TPSA) is 18.5 Å². The van der Waals surface area contributed by atoms with Crippen LogP contribution in [0.4, 0.5) is 0 Å². The van der Waals surface area contributed by atoms with Gasteiger partial charge in [-0.2, -0.15) is 0 Å². The van der Waals surface area contributed by atoms with Gasteiger partial charge in [0.1, 0.15) is 0 Å². The number of fused-ring (bicyclic) bond motifs is 1. The molecule has 0 aromatic heterocycles. The Morgan fingerprint density at radius 1 is 1.12 bits per heavy atom. The first kappa shape index (κ1) is 12.3. The molecular formula is C13H27N3. The monoisotopic (exact) mass is 225 g/mol. The Labute approximate surface area is 100 Å². The van der Waals surface area contributed by atoms with E-state index in [1.54, 1.807) is 0 Å². The Morgan fingerprint density at radius 2 is 1.88 bits per heavy atom. The highest BCUT2D eigenvalue weighted by atomic mass is 15.2. The first-order chi connectivity index (χ1) is 7.70. The lowest BCUT2D eigenvalue weighted by Gasteiger charge is -2.46. The molecule has 3 nitrogen and oxygen atoms in total.